The molecule has 0 aliphatic carbocycles. The van der Waals surface area contributed by atoms with E-state index >= 15 is 0 Å². The van der Waals surface area contributed by atoms with Crippen molar-refractivity contribution in [3.8, 4) is 11.6 Å². The molecule has 0 spiro atoms. The highest BCUT2D eigenvalue weighted by molar-refractivity contribution is 5.87. The van der Waals surface area contributed by atoms with Crippen LogP contribution in [0.5, 0.6) is 5.88 Å². The minimum absolute atomic E-state index is 0.0182. The Bertz CT molecular complexity index is 845. The molecule has 0 amide bonds. The van der Waals surface area contributed by atoms with Gasteiger partial charge in [-0.15, -0.1) is 0 Å². The molecule has 0 radical (unpaired) electrons. The molecule has 3 nitrogen and oxygen atoms in total. The van der Waals surface area contributed by atoms with Gasteiger partial charge in [0.25, 0.3) is 5.56 Å². The van der Waals surface area contributed by atoms with Crippen molar-refractivity contribution >= 4 is 10.8 Å². The van der Waals surface area contributed by atoms with E-state index in [0.717, 1.165) is 5.39 Å². The second-order valence-electron chi connectivity index (χ2n) is 5.48. The second-order valence-corrected chi connectivity index (χ2v) is 5.48. The molecule has 3 heteroatoms. The molecule has 0 aliphatic heterocycles. The van der Waals surface area contributed by atoms with Crippen LogP contribution in [0.4, 0.5) is 0 Å². The van der Waals surface area contributed by atoms with Crippen LogP contribution < -0.4 is 5.56 Å². The Morgan fingerprint density at radius 2 is 1.67 bits per heavy atom. The van der Waals surface area contributed by atoms with Crippen LogP contribution >= 0.6 is 0 Å². The van der Waals surface area contributed by atoms with Crippen molar-refractivity contribution in [1.82, 2.24) is 4.57 Å². The quantitative estimate of drug-likeness (QED) is 0.775. The van der Waals surface area contributed by atoms with Crippen LogP contribution in [-0.2, 0) is 0 Å². The van der Waals surface area contributed by atoms with Crippen LogP contribution in [0.2, 0.25) is 0 Å². The van der Waals surface area contributed by atoms with Crippen LogP contribution in [0.15, 0.2) is 59.4 Å². The van der Waals surface area contributed by atoms with Crippen LogP contribution in [0.1, 0.15) is 25.3 Å². The van der Waals surface area contributed by atoms with E-state index in [4.69, 9.17) is 0 Å². The Morgan fingerprint density at radius 1 is 1.00 bits per heavy atom. The van der Waals surface area contributed by atoms with Crippen LogP contribution in [0, 0.1) is 0 Å². The summed E-state index contributed by atoms with van der Waals surface area (Å²) in [6.45, 7) is 4.24. The molecule has 1 N–H and O–H groups in total. The SMILES string of the molecule is CC(C)c1ccc(-n2c(O)c3ccccc3cc2=O)cc1. The summed E-state index contributed by atoms with van der Waals surface area (Å²) >= 11 is 0. The molecule has 0 saturated carbocycles. The summed E-state index contributed by atoms with van der Waals surface area (Å²) in [5, 5.41) is 11.8. The minimum atomic E-state index is -0.233. The van der Waals surface area contributed by atoms with Crippen molar-refractivity contribution in [3.05, 3.63) is 70.5 Å². The maximum Gasteiger partial charge on any atom is 0.258 e. The fourth-order valence-corrected chi connectivity index (χ4v) is 2.51. The van der Waals surface area contributed by atoms with Crippen LogP contribution in [0.25, 0.3) is 16.5 Å². The summed E-state index contributed by atoms with van der Waals surface area (Å²) in [7, 11) is 0. The van der Waals surface area contributed by atoms with E-state index in [2.05, 4.69) is 13.8 Å². The number of benzene rings is 2. The summed E-state index contributed by atoms with van der Waals surface area (Å²) in [4.78, 5) is 12.3. The Morgan fingerprint density at radius 3 is 2.33 bits per heavy atom. The Balaban J connectivity index is 2.22. The van der Waals surface area contributed by atoms with E-state index in [9.17, 15) is 9.90 Å². The molecule has 0 atom stereocenters. The van der Waals surface area contributed by atoms with E-state index in [-0.39, 0.29) is 11.4 Å². The zero-order chi connectivity index (χ0) is 15.0. The van der Waals surface area contributed by atoms with E-state index in [1.54, 1.807) is 6.07 Å². The third-order valence-corrected chi connectivity index (χ3v) is 3.73. The highest BCUT2D eigenvalue weighted by atomic mass is 16.3. The van der Waals surface area contributed by atoms with Gasteiger partial charge < -0.3 is 5.11 Å². The highest BCUT2D eigenvalue weighted by Crippen LogP contribution is 2.25. The van der Waals surface area contributed by atoms with Gasteiger partial charge in [0.1, 0.15) is 0 Å². The predicted octanol–water partition coefficient (Wildman–Crippen LogP) is 3.82. The predicted molar refractivity (Wildman–Crippen MR) is 85.3 cm³/mol. The maximum atomic E-state index is 12.3. The number of aromatic nitrogens is 1. The van der Waals surface area contributed by atoms with Gasteiger partial charge in [-0.05, 0) is 35.1 Å². The molecule has 0 bridgehead atoms. The molecule has 21 heavy (non-hydrogen) atoms. The van der Waals surface area contributed by atoms with E-state index < -0.39 is 0 Å². The fourth-order valence-electron chi connectivity index (χ4n) is 2.51. The molecule has 3 rings (SSSR count). The van der Waals surface area contributed by atoms with Gasteiger partial charge in [-0.1, -0.05) is 44.2 Å². The number of hydrogen-bond acceptors (Lipinski definition) is 2. The Hall–Kier alpha value is -2.55. The molecule has 2 aromatic carbocycles. The number of fused-ring (bicyclic) bond motifs is 1. The van der Waals surface area contributed by atoms with Gasteiger partial charge in [-0.25, -0.2) is 4.57 Å². The van der Waals surface area contributed by atoms with Crippen molar-refractivity contribution < 1.29 is 5.11 Å². The minimum Gasteiger partial charge on any atom is -0.494 e. The van der Waals surface area contributed by atoms with Crippen molar-refractivity contribution in [1.29, 1.82) is 0 Å². The number of aromatic hydroxyl groups is 1. The zero-order valence-electron chi connectivity index (χ0n) is 12.1. The molecule has 0 fully saturated rings. The Kier molecular flexibility index (Phi) is 3.26. The second kappa shape index (κ2) is 5.09. The summed E-state index contributed by atoms with van der Waals surface area (Å²) < 4.78 is 1.34. The van der Waals surface area contributed by atoms with Gasteiger partial charge in [-0.2, -0.15) is 0 Å². The average Bonchev–Trinajstić information content (AvgIpc) is 2.48. The number of hydrogen-bond donors (Lipinski definition) is 1. The van der Waals surface area contributed by atoms with Gasteiger partial charge in [0.15, 0.2) is 0 Å². The highest BCUT2D eigenvalue weighted by Gasteiger charge is 2.10. The first kappa shape index (κ1) is 13.4. The third-order valence-electron chi connectivity index (χ3n) is 3.73. The van der Waals surface area contributed by atoms with Gasteiger partial charge in [0.05, 0.1) is 5.69 Å². The molecule has 0 unspecified atom stereocenters. The zero-order valence-corrected chi connectivity index (χ0v) is 12.1. The molecule has 0 aliphatic rings. The first-order chi connectivity index (χ1) is 10.1. The van der Waals surface area contributed by atoms with Gasteiger partial charge in [-0.3, -0.25) is 4.79 Å². The molecule has 0 saturated heterocycles. The molecule has 1 heterocycles. The largest absolute Gasteiger partial charge is 0.494 e. The maximum absolute atomic E-state index is 12.3. The van der Waals surface area contributed by atoms with Gasteiger partial charge >= 0.3 is 0 Å². The summed E-state index contributed by atoms with van der Waals surface area (Å²) in [5.74, 6) is 0.413. The lowest BCUT2D eigenvalue weighted by atomic mass is 10.0. The normalized spacial score (nSPS) is 11.2. The number of pyridine rings is 1. The number of rotatable bonds is 2. The van der Waals surface area contributed by atoms with Crippen molar-refractivity contribution in [2.45, 2.75) is 19.8 Å². The third kappa shape index (κ3) is 2.31. The first-order valence-electron chi connectivity index (χ1n) is 7.02. The summed E-state index contributed by atoms with van der Waals surface area (Å²) in [6.07, 6.45) is 0. The van der Waals surface area contributed by atoms with Crippen molar-refractivity contribution in [2.24, 2.45) is 0 Å². The van der Waals surface area contributed by atoms with E-state index in [1.165, 1.54) is 10.1 Å². The first-order valence-corrected chi connectivity index (χ1v) is 7.02. The standard InChI is InChI=1S/C18H17NO2/c1-12(2)13-7-9-15(10-8-13)19-17(20)11-14-5-3-4-6-16(14)18(19)21/h3-12,21H,1-2H3. The molecule has 1 aromatic heterocycles. The van der Waals surface area contributed by atoms with E-state index in [1.807, 2.05) is 48.5 Å². The average molecular weight is 279 g/mol. The Labute approximate surface area is 123 Å². The van der Waals surface area contributed by atoms with Crippen molar-refractivity contribution in [3.63, 3.8) is 0 Å². The van der Waals surface area contributed by atoms with Gasteiger partial charge in [0, 0.05) is 11.5 Å². The van der Waals surface area contributed by atoms with E-state index in [0.29, 0.717) is 17.0 Å². The molecular weight excluding hydrogens is 262 g/mol. The van der Waals surface area contributed by atoms with Crippen LogP contribution in [-0.4, -0.2) is 9.67 Å². The monoisotopic (exact) mass is 279 g/mol. The lowest BCUT2D eigenvalue weighted by molar-refractivity contribution is 0.443. The lowest BCUT2D eigenvalue weighted by Gasteiger charge is -2.12. The molecule has 3 aromatic rings. The summed E-state index contributed by atoms with van der Waals surface area (Å²) in [6, 6.07) is 16.6. The topological polar surface area (TPSA) is 42.2 Å². The summed E-state index contributed by atoms with van der Waals surface area (Å²) in [5.41, 5.74) is 1.64. The number of nitrogens with zero attached hydrogens (tertiary/aromatic N) is 1. The van der Waals surface area contributed by atoms with Gasteiger partial charge in [0.2, 0.25) is 5.88 Å². The molecular formula is C18H17NO2. The fraction of sp³-hybridized carbons (Fsp3) is 0.167. The van der Waals surface area contributed by atoms with Crippen LogP contribution in [0.3, 0.4) is 0 Å². The lowest BCUT2D eigenvalue weighted by Crippen LogP contribution is -2.17. The van der Waals surface area contributed by atoms with Crippen molar-refractivity contribution in [2.75, 3.05) is 0 Å². The molecule has 106 valence electrons. The smallest absolute Gasteiger partial charge is 0.258 e.